The average molecular weight is 728 g/mol. The minimum Gasteiger partial charge on any atom is -0.492 e. The zero-order valence-electron chi connectivity index (χ0n) is 32.4. The first-order valence-corrected chi connectivity index (χ1v) is 22.0. The molecule has 0 bridgehead atoms. The van der Waals surface area contributed by atoms with Crippen molar-refractivity contribution in [3.63, 3.8) is 0 Å². The number of hydrogen-bond donors (Lipinski definition) is 2. The molecule has 0 aliphatic heterocycles. The van der Waals surface area contributed by atoms with Crippen LogP contribution in [-0.4, -0.2) is 43.3 Å². The van der Waals surface area contributed by atoms with Crippen LogP contribution in [0.1, 0.15) is 187 Å². The van der Waals surface area contributed by atoms with Crippen molar-refractivity contribution in [1.29, 1.82) is 0 Å². The Morgan fingerprint density at radius 1 is 0.600 bits per heavy atom. The van der Waals surface area contributed by atoms with Crippen LogP contribution in [0.2, 0.25) is 0 Å². The van der Waals surface area contributed by atoms with Gasteiger partial charge in [0.2, 0.25) is 0 Å². The summed E-state index contributed by atoms with van der Waals surface area (Å²) in [7, 11) is -4.27. The normalized spacial score (nSPS) is 13.8. The van der Waals surface area contributed by atoms with Crippen molar-refractivity contribution in [2.45, 2.75) is 193 Å². The Hall–Kier alpha value is -1.44. The van der Waals surface area contributed by atoms with Crippen LogP contribution in [0.4, 0.5) is 0 Å². The number of phosphoric acid groups is 1. The number of hydrogen-bond acceptors (Lipinski definition) is 7. The maximum Gasteiger partial charge on any atom is 0.472 e. The molecule has 0 aromatic carbocycles. The molecule has 0 rings (SSSR count). The van der Waals surface area contributed by atoms with E-state index >= 15 is 0 Å². The van der Waals surface area contributed by atoms with Crippen molar-refractivity contribution < 1.29 is 32.8 Å². The van der Waals surface area contributed by atoms with E-state index in [1.807, 2.05) is 6.08 Å². The number of carbonyl (C=O) groups excluding carboxylic acids is 1. The van der Waals surface area contributed by atoms with Crippen molar-refractivity contribution in [1.82, 2.24) is 0 Å². The Kier molecular flexibility index (Phi) is 37.7. The summed E-state index contributed by atoms with van der Waals surface area (Å²) in [5.74, 6) is -0.301. The van der Waals surface area contributed by atoms with E-state index in [9.17, 15) is 14.3 Å². The van der Waals surface area contributed by atoms with Crippen molar-refractivity contribution in [2.75, 3.05) is 26.4 Å². The summed E-state index contributed by atoms with van der Waals surface area (Å²) >= 11 is 0. The van der Waals surface area contributed by atoms with E-state index in [0.29, 0.717) is 6.42 Å². The molecule has 2 atom stereocenters. The number of allylic oxidation sites excluding steroid dienone is 5. The Balaban J connectivity index is 4.13. The number of carbonyl (C=O) groups is 1. The molecule has 8 nitrogen and oxygen atoms in total. The molecular formula is C41H78NO7P. The van der Waals surface area contributed by atoms with Gasteiger partial charge in [-0.3, -0.25) is 13.8 Å². The van der Waals surface area contributed by atoms with Gasteiger partial charge in [0, 0.05) is 13.0 Å². The molecule has 0 saturated carbocycles. The number of ether oxygens (including phenoxy) is 2. The van der Waals surface area contributed by atoms with E-state index in [2.05, 4.69) is 38.2 Å². The van der Waals surface area contributed by atoms with E-state index < -0.39 is 13.9 Å². The van der Waals surface area contributed by atoms with Crippen LogP contribution in [0.5, 0.6) is 0 Å². The van der Waals surface area contributed by atoms with E-state index in [-0.39, 0.29) is 32.3 Å². The van der Waals surface area contributed by atoms with E-state index in [4.69, 9.17) is 24.3 Å². The molecule has 0 spiro atoms. The fraction of sp³-hybridized carbons (Fsp3) is 0.829. The first kappa shape index (κ1) is 48.6. The third-order valence-electron chi connectivity index (χ3n) is 8.62. The first-order valence-electron chi connectivity index (χ1n) is 20.5. The molecular weight excluding hydrogens is 649 g/mol. The van der Waals surface area contributed by atoms with Crippen molar-refractivity contribution >= 4 is 13.8 Å². The van der Waals surface area contributed by atoms with Gasteiger partial charge in [-0.25, -0.2) is 4.57 Å². The Morgan fingerprint density at radius 3 is 1.50 bits per heavy atom. The smallest absolute Gasteiger partial charge is 0.472 e. The largest absolute Gasteiger partial charge is 0.492 e. The van der Waals surface area contributed by atoms with Crippen LogP contribution in [0.25, 0.3) is 0 Å². The molecule has 50 heavy (non-hydrogen) atoms. The van der Waals surface area contributed by atoms with Crippen molar-refractivity contribution in [2.24, 2.45) is 5.73 Å². The summed E-state index contributed by atoms with van der Waals surface area (Å²) in [4.78, 5) is 22.2. The molecule has 3 N–H and O–H groups in total. The van der Waals surface area contributed by atoms with Crippen LogP contribution < -0.4 is 5.73 Å². The summed E-state index contributed by atoms with van der Waals surface area (Å²) in [6.45, 7) is 4.18. The molecule has 0 saturated heterocycles. The minimum absolute atomic E-state index is 0.0703. The predicted octanol–water partition coefficient (Wildman–Crippen LogP) is 12.2. The standard InChI is InChI=1S/C41H78NO7P/c1-3-5-7-9-11-13-15-17-19-21-23-25-27-29-31-33-36-46-40(39-49-50(44,45)48-37-35-42)38-47-41(43)34-32-30-28-26-24-22-20-18-16-14-12-10-8-6-4-2/h13,15,18,20,33,36,40H,3-12,14,16-17,19,21-32,34-35,37-39,42H2,1-2H3,(H,44,45). The minimum atomic E-state index is -4.27. The third-order valence-corrected chi connectivity index (χ3v) is 9.60. The summed E-state index contributed by atoms with van der Waals surface area (Å²) in [5, 5.41) is 0. The van der Waals surface area contributed by atoms with Gasteiger partial charge in [-0.15, -0.1) is 0 Å². The number of unbranched alkanes of at least 4 members (excludes halogenated alkanes) is 22. The van der Waals surface area contributed by atoms with Crippen LogP contribution in [0.3, 0.4) is 0 Å². The van der Waals surface area contributed by atoms with Crippen LogP contribution in [0, 0.1) is 0 Å². The molecule has 9 heteroatoms. The highest BCUT2D eigenvalue weighted by Gasteiger charge is 2.24. The van der Waals surface area contributed by atoms with Gasteiger partial charge in [0.15, 0.2) is 6.10 Å². The number of phosphoric ester groups is 1. The highest BCUT2D eigenvalue weighted by atomic mass is 31.2. The topological polar surface area (TPSA) is 117 Å². The van der Waals surface area contributed by atoms with E-state index in [1.54, 1.807) is 6.26 Å². The highest BCUT2D eigenvalue weighted by Crippen LogP contribution is 2.43. The average Bonchev–Trinajstić information content (AvgIpc) is 3.11. The molecule has 0 aromatic rings. The van der Waals surface area contributed by atoms with Crippen LogP contribution >= 0.6 is 7.82 Å². The summed E-state index contributed by atoms with van der Waals surface area (Å²) in [5.41, 5.74) is 5.36. The lowest BCUT2D eigenvalue weighted by Crippen LogP contribution is -2.25. The lowest BCUT2D eigenvalue weighted by Gasteiger charge is -2.19. The molecule has 0 heterocycles. The Bertz CT molecular complexity index is 864. The SMILES string of the molecule is CCCCCCC=CCCCCCCCCC=COC(COC(=O)CCCCCCCC=CCCCCCCCC)COP(=O)(O)OCCN. The number of nitrogens with two attached hydrogens (primary N) is 1. The zero-order valence-corrected chi connectivity index (χ0v) is 33.3. The predicted molar refractivity (Wildman–Crippen MR) is 210 cm³/mol. The second-order valence-corrected chi connectivity index (χ2v) is 15.0. The number of esters is 1. The quantitative estimate of drug-likeness (QED) is 0.0211. The third kappa shape index (κ3) is 37.8. The van der Waals surface area contributed by atoms with Crippen LogP contribution in [-0.2, 0) is 27.9 Å². The van der Waals surface area contributed by atoms with Gasteiger partial charge in [-0.2, -0.15) is 0 Å². The van der Waals surface area contributed by atoms with Crippen molar-refractivity contribution in [3.05, 3.63) is 36.6 Å². The van der Waals surface area contributed by atoms with Gasteiger partial charge in [0.1, 0.15) is 6.61 Å². The molecule has 0 amide bonds. The lowest BCUT2D eigenvalue weighted by molar-refractivity contribution is -0.147. The Morgan fingerprint density at radius 2 is 1.02 bits per heavy atom. The molecule has 0 aliphatic carbocycles. The van der Waals surface area contributed by atoms with E-state index in [0.717, 1.165) is 38.5 Å². The molecule has 0 radical (unpaired) electrons. The second-order valence-electron chi connectivity index (χ2n) is 13.6. The highest BCUT2D eigenvalue weighted by molar-refractivity contribution is 7.47. The molecule has 2 unspecified atom stereocenters. The van der Waals surface area contributed by atoms with Gasteiger partial charge in [0.25, 0.3) is 0 Å². The molecule has 0 fully saturated rings. The van der Waals surface area contributed by atoms with Gasteiger partial charge < -0.3 is 20.1 Å². The van der Waals surface area contributed by atoms with Crippen molar-refractivity contribution in [3.8, 4) is 0 Å². The second kappa shape index (κ2) is 38.8. The fourth-order valence-corrected chi connectivity index (χ4v) is 6.26. The van der Waals surface area contributed by atoms with Crippen LogP contribution in [0.15, 0.2) is 36.6 Å². The fourth-order valence-electron chi connectivity index (χ4n) is 5.50. The lowest BCUT2D eigenvalue weighted by atomic mass is 10.1. The summed E-state index contributed by atoms with van der Waals surface area (Å²) in [6, 6.07) is 0. The molecule has 0 aliphatic rings. The van der Waals surface area contributed by atoms with E-state index in [1.165, 1.54) is 128 Å². The van der Waals surface area contributed by atoms with Gasteiger partial charge in [-0.05, 0) is 76.7 Å². The van der Waals surface area contributed by atoms with Gasteiger partial charge in [0.05, 0.1) is 19.5 Å². The molecule has 0 aromatic heterocycles. The van der Waals surface area contributed by atoms with Gasteiger partial charge >= 0.3 is 13.8 Å². The zero-order chi connectivity index (χ0) is 36.6. The molecule has 294 valence electrons. The summed E-state index contributed by atoms with van der Waals surface area (Å²) in [6.07, 6.45) is 44.0. The monoisotopic (exact) mass is 728 g/mol. The first-order chi connectivity index (χ1) is 24.4. The number of rotatable bonds is 39. The summed E-state index contributed by atoms with van der Waals surface area (Å²) < 4.78 is 33.1. The maximum absolute atomic E-state index is 12.4. The Labute approximate surface area is 308 Å². The van der Waals surface area contributed by atoms with Gasteiger partial charge in [-0.1, -0.05) is 134 Å². The maximum atomic E-state index is 12.4.